The fraction of sp³-hybridized carbons (Fsp3) is 0.208. The van der Waals surface area contributed by atoms with Gasteiger partial charge >= 0.3 is 6.09 Å². The maximum Gasteiger partial charge on any atom is 0.407 e. The highest BCUT2D eigenvalue weighted by Crippen LogP contribution is 2.38. The van der Waals surface area contributed by atoms with Crippen LogP contribution in [0.1, 0.15) is 29.3 Å². The molecule has 0 saturated carbocycles. The lowest BCUT2D eigenvalue weighted by molar-refractivity contribution is 0.100. The Morgan fingerprint density at radius 2 is 2.06 bits per heavy atom. The highest BCUT2D eigenvalue weighted by molar-refractivity contribution is 6.08. The first kappa shape index (κ1) is 23.0. The van der Waals surface area contributed by atoms with E-state index in [0.717, 1.165) is 17.7 Å². The van der Waals surface area contributed by atoms with E-state index < -0.39 is 23.6 Å². The molecule has 0 aliphatic carbocycles. The Morgan fingerprint density at radius 1 is 1.26 bits per heavy atom. The molecule has 4 N–H and O–H groups in total. The number of nitrogens with zero attached hydrogens (tertiary/aromatic N) is 2. The Hall–Kier alpha value is -4.21. The lowest BCUT2D eigenvalue weighted by Gasteiger charge is -2.25. The maximum absolute atomic E-state index is 14.4. The van der Waals surface area contributed by atoms with E-state index in [4.69, 9.17) is 10.5 Å². The van der Waals surface area contributed by atoms with Crippen LogP contribution in [0.2, 0.25) is 0 Å². The van der Waals surface area contributed by atoms with E-state index in [-0.39, 0.29) is 23.5 Å². The summed E-state index contributed by atoms with van der Waals surface area (Å²) in [5.41, 5.74) is 7.79. The standard InChI is InChI=1S/C24H22F2N4O4/c1-2-34-21-11-20-16(10-15(21)13-5-7-30(8-6-13)24(32)33)22(17(12-28-20)23(27)31)29-19-4-3-14(25)9-18(19)26/h3-5,9-12H,2,6-8H2,1H3,(H2,27,31)(H,28,29)(H,32,33). The van der Waals surface area contributed by atoms with Crippen molar-refractivity contribution in [3.05, 3.63) is 65.4 Å². The molecule has 2 heterocycles. The minimum absolute atomic E-state index is 0.0287. The number of hydrogen-bond donors (Lipinski definition) is 3. The number of fused-ring (bicyclic) bond motifs is 1. The Morgan fingerprint density at radius 3 is 2.68 bits per heavy atom. The number of carboxylic acid groups (broad SMARTS) is 1. The van der Waals surface area contributed by atoms with Crippen molar-refractivity contribution in [2.24, 2.45) is 5.73 Å². The molecular formula is C24H22F2N4O4. The van der Waals surface area contributed by atoms with E-state index >= 15 is 0 Å². The summed E-state index contributed by atoms with van der Waals surface area (Å²) in [6.45, 7) is 2.76. The molecule has 0 spiro atoms. The van der Waals surface area contributed by atoms with Crippen molar-refractivity contribution in [1.29, 1.82) is 0 Å². The number of carbonyl (C=O) groups is 2. The smallest absolute Gasteiger partial charge is 0.407 e. The fourth-order valence-electron chi connectivity index (χ4n) is 3.88. The van der Waals surface area contributed by atoms with Gasteiger partial charge in [-0.1, -0.05) is 6.08 Å². The molecule has 2 amide bonds. The number of rotatable bonds is 6. The largest absolute Gasteiger partial charge is 0.493 e. The number of primary amides is 1. The van der Waals surface area contributed by atoms with Crippen molar-refractivity contribution >= 4 is 39.9 Å². The molecule has 1 aliphatic heterocycles. The lowest BCUT2D eigenvalue weighted by atomic mass is 9.95. The van der Waals surface area contributed by atoms with E-state index in [1.54, 1.807) is 18.2 Å². The molecule has 0 saturated heterocycles. The third-order valence-electron chi connectivity index (χ3n) is 5.55. The number of halogens is 2. The molecule has 0 fully saturated rings. The number of anilines is 2. The zero-order valence-electron chi connectivity index (χ0n) is 18.3. The van der Waals surface area contributed by atoms with Crippen LogP contribution in [0.25, 0.3) is 16.5 Å². The zero-order chi connectivity index (χ0) is 24.4. The summed E-state index contributed by atoms with van der Waals surface area (Å²) in [6.07, 6.45) is 2.55. The van der Waals surface area contributed by atoms with Gasteiger partial charge in [0, 0.05) is 42.4 Å². The van der Waals surface area contributed by atoms with Crippen molar-refractivity contribution in [3.8, 4) is 5.75 Å². The number of aromatic nitrogens is 1. The van der Waals surface area contributed by atoms with Crippen molar-refractivity contribution < 1.29 is 28.2 Å². The summed E-state index contributed by atoms with van der Waals surface area (Å²) in [5.74, 6) is -1.80. The van der Waals surface area contributed by atoms with Crippen LogP contribution < -0.4 is 15.8 Å². The van der Waals surface area contributed by atoms with Crippen LogP contribution in [0.3, 0.4) is 0 Å². The average Bonchev–Trinajstić information content (AvgIpc) is 2.80. The quantitative estimate of drug-likeness (QED) is 0.490. The molecule has 0 bridgehead atoms. The third-order valence-corrected chi connectivity index (χ3v) is 5.55. The Kier molecular flexibility index (Phi) is 6.31. The maximum atomic E-state index is 14.4. The van der Waals surface area contributed by atoms with Crippen LogP contribution in [-0.4, -0.2) is 46.7 Å². The van der Waals surface area contributed by atoms with Gasteiger partial charge in [-0.25, -0.2) is 13.6 Å². The summed E-state index contributed by atoms with van der Waals surface area (Å²) in [5, 5.41) is 12.6. The van der Waals surface area contributed by atoms with Gasteiger partial charge in [0.25, 0.3) is 5.91 Å². The van der Waals surface area contributed by atoms with Crippen molar-refractivity contribution in [3.63, 3.8) is 0 Å². The molecule has 1 aromatic heterocycles. The van der Waals surface area contributed by atoms with Crippen molar-refractivity contribution in [1.82, 2.24) is 9.88 Å². The first-order valence-corrected chi connectivity index (χ1v) is 10.6. The van der Waals surface area contributed by atoms with Crippen LogP contribution in [0.15, 0.2) is 42.6 Å². The van der Waals surface area contributed by atoms with Crippen LogP contribution in [0, 0.1) is 11.6 Å². The van der Waals surface area contributed by atoms with E-state index in [0.29, 0.717) is 41.8 Å². The van der Waals surface area contributed by atoms with Crippen LogP contribution >= 0.6 is 0 Å². The average molecular weight is 468 g/mol. The monoisotopic (exact) mass is 468 g/mol. The SMILES string of the molecule is CCOc1cc2ncc(C(N)=O)c(Nc3ccc(F)cc3F)c2cc1C1=CCN(C(=O)O)CC1. The van der Waals surface area contributed by atoms with Gasteiger partial charge in [0.15, 0.2) is 0 Å². The van der Waals surface area contributed by atoms with Gasteiger partial charge in [0.2, 0.25) is 0 Å². The van der Waals surface area contributed by atoms with E-state index in [1.807, 2.05) is 6.92 Å². The molecule has 1 aliphatic rings. The van der Waals surface area contributed by atoms with Crippen LogP contribution in [-0.2, 0) is 0 Å². The number of carbonyl (C=O) groups excluding carboxylic acids is 1. The summed E-state index contributed by atoms with van der Waals surface area (Å²) >= 11 is 0. The highest BCUT2D eigenvalue weighted by atomic mass is 19.1. The van der Waals surface area contributed by atoms with E-state index in [9.17, 15) is 23.5 Å². The third kappa shape index (κ3) is 4.47. The Balaban J connectivity index is 1.89. The van der Waals surface area contributed by atoms with Crippen LogP contribution in [0.5, 0.6) is 5.75 Å². The molecule has 0 unspecified atom stereocenters. The molecule has 0 atom stereocenters. The predicted octanol–water partition coefficient (Wildman–Crippen LogP) is 4.52. The van der Waals surface area contributed by atoms with Crippen LogP contribution in [0.4, 0.5) is 25.0 Å². The summed E-state index contributed by atoms with van der Waals surface area (Å²) in [6, 6.07) is 6.51. The van der Waals surface area contributed by atoms with E-state index in [2.05, 4.69) is 10.3 Å². The van der Waals surface area contributed by atoms with Gasteiger partial charge in [-0.2, -0.15) is 0 Å². The lowest BCUT2D eigenvalue weighted by Crippen LogP contribution is -2.33. The minimum atomic E-state index is -0.998. The topological polar surface area (TPSA) is 118 Å². The van der Waals surface area contributed by atoms with Crippen molar-refractivity contribution in [2.75, 3.05) is 25.0 Å². The molecule has 34 heavy (non-hydrogen) atoms. The van der Waals surface area contributed by atoms with Gasteiger partial charge in [0.1, 0.15) is 17.4 Å². The number of pyridine rings is 1. The molecule has 0 radical (unpaired) electrons. The van der Waals surface area contributed by atoms with Crippen molar-refractivity contribution in [2.45, 2.75) is 13.3 Å². The number of amides is 2. The fourth-order valence-corrected chi connectivity index (χ4v) is 3.88. The second-order valence-corrected chi connectivity index (χ2v) is 7.67. The number of nitrogens with one attached hydrogen (secondary N) is 1. The molecule has 3 aromatic rings. The predicted molar refractivity (Wildman–Crippen MR) is 123 cm³/mol. The molecular weight excluding hydrogens is 446 g/mol. The molecule has 10 heteroatoms. The first-order chi connectivity index (χ1) is 16.3. The second kappa shape index (κ2) is 9.34. The molecule has 4 rings (SSSR count). The van der Waals surface area contributed by atoms with Gasteiger partial charge in [-0.15, -0.1) is 0 Å². The van der Waals surface area contributed by atoms with Gasteiger partial charge in [0.05, 0.1) is 29.1 Å². The number of hydrogen-bond acceptors (Lipinski definition) is 5. The normalized spacial score (nSPS) is 13.5. The number of nitrogens with two attached hydrogens (primary N) is 1. The summed E-state index contributed by atoms with van der Waals surface area (Å²) in [4.78, 5) is 29.0. The summed E-state index contributed by atoms with van der Waals surface area (Å²) in [7, 11) is 0. The van der Waals surface area contributed by atoms with Gasteiger partial charge in [-0.05, 0) is 37.1 Å². The second-order valence-electron chi connectivity index (χ2n) is 7.67. The number of ether oxygens (including phenoxy) is 1. The highest BCUT2D eigenvalue weighted by Gasteiger charge is 2.22. The molecule has 176 valence electrons. The summed E-state index contributed by atoms with van der Waals surface area (Å²) < 4.78 is 33.6. The van der Waals surface area contributed by atoms with Gasteiger partial charge in [-0.3, -0.25) is 9.78 Å². The number of benzene rings is 2. The minimum Gasteiger partial charge on any atom is -0.493 e. The van der Waals surface area contributed by atoms with E-state index in [1.165, 1.54) is 17.2 Å². The molecule has 8 nitrogen and oxygen atoms in total. The Bertz CT molecular complexity index is 1330. The first-order valence-electron chi connectivity index (χ1n) is 10.6. The Labute approximate surface area is 193 Å². The molecule has 2 aromatic carbocycles. The zero-order valence-corrected chi connectivity index (χ0v) is 18.3. The van der Waals surface area contributed by atoms with Gasteiger partial charge < -0.3 is 25.8 Å².